The van der Waals surface area contributed by atoms with Crippen molar-refractivity contribution in [1.29, 1.82) is 0 Å². The van der Waals surface area contributed by atoms with Gasteiger partial charge in [-0.05, 0) is 62.8 Å². The number of hydrogen-bond acceptors (Lipinski definition) is 5. The maximum atomic E-state index is 12.8. The van der Waals surface area contributed by atoms with E-state index in [0.29, 0.717) is 22.6 Å². The fourth-order valence-electron chi connectivity index (χ4n) is 3.21. The van der Waals surface area contributed by atoms with Gasteiger partial charge in [0, 0.05) is 42.4 Å². The van der Waals surface area contributed by atoms with Crippen LogP contribution < -0.4 is 21.7 Å². The van der Waals surface area contributed by atoms with Crippen molar-refractivity contribution in [2.24, 2.45) is 0 Å². The molecule has 0 aliphatic carbocycles. The summed E-state index contributed by atoms with van der Waals surface area (Å²) < 4.78 is 0. The number of amides is 1. The molecule has 26 heavy (non-hydrogen) atoms. The van der Waals surface area contributed by atoms with Gasteiger partial charge >= 0.3 is 0 Å². The largest absolute Gasteiger partial charge is 0.399 e. The van der Waals surface area contributed by atoms with Gasteiger partial charge < -0.3 is 26.6 Å². The summed E-state index contributed by atoms with van der Waals surface area (Å²) in [4.78, 5) is 17.4. The Morgan fingerprint density at radius 3 is 2.65 bits per heavy atom. The number of nitrogens with two attached hydrogens (primary N) is 2. The number of carbonyl (C=O) groups is 1. The Morgan fingerprint density at radius 1 is 1.04 bits per heavy atom. The van der Waals surface area contributed by atoms with Crippen LogP contribution in [0.2, 0.25) is 0 Å². The van der Waals surface area contributed by atoms with Crippen LogP contribution in [0.4, 0.5) is 22.7 Å². The molecule has 2 aromatic carbocycles. The monoisotopic (exact) mass is 353 g/mol. The fraction of sp³-hybridized carbons (Fsp3) is 0.350. The maximum absolute atomic E-state index is 12.8. The van der Waals surface area contributed by atoms with Gasteiger partial charge in [0.25, 0.3) is 5.91 Å². The molecule has 1 amide bonds. The summed E-state index contributed by atoms with van der Waals surface area (Å²) >= 11 is 0. The van der Waals surface area contributed by atoms with E-state index in [-0.39, 0.29) is 5.91 Å². The lowest BCUT2D eigenvalue weighted by Gasteiger charge is -2.24. The van der Waals surface area contributed by atoms with Gasteiger partial charge in [-0.3, -0.25) is 4.79 Å². The first-order valence-corrected chi connectivity index (χ1v) is 8.94. The Hall–Kier alpha value is -2.73. The highest BCUT2D eigenvalue weighted by Gasteiger charge is 2.17. The van der Waals surface area contributed by atoms with Crippen molar-refractivity contribution in [3.05, 3.63) is 47.5 Å². The number of carbonyl (C=O) groups excluding carboxylic acids is 1. The molecule has 0 bridgehead atoms. The van der Waals surface area contributed by atoms with Gasteiger partial charge in [0.15, 0.2) is 0 Å². The third-order valence-electron chi connectivity index (χ3n) is 4.88. The van der Waals surface area contributed by atoms with Crippen LogP contribution in [0, 0.1) is 6.92 Å². The smallest absolute Gasteiger partial charge is 0.257 e. The SMILES string of the molecule is Cc1ccc(N)cc1NC(=O)c1cc(N2CCCN(C)CC2)ccc1N. The van der Waals surface area contributed by atoms with Crippen molar-refractivity contribution in [2.75, 3.05) is 54.9 Å². The van der Waals surface area contributed by atoms with E-state index in [1.165, 1.54) is 0 Å². The Kier molecular flexibility index (Phi) is 5.32. The highest BCUT2D eigenvalue weighted by Crippen LogP contribution is 2.25. The van der Waals surface area contributed by atoms with Gasteiger partial charge in [-0.1, -0.05) is 6.07 Å². The third-order valence-corrected chi connectivity index (χ3v) is 4.88. The Balaban J connectivity index is 1.83. The van der Waals surface area contributed by atoms with Crippen molar-refractivity contribution in [3.63, 3.8) is 0 Å². The van der Waals surface area contributed by atoms with Crippen molar-refractivity contribution < 1.29 is 4.79 Å². The molecule has 0 aromatic heterocycles. The number of nitrogen functional groups attached to an aromatic ring is 2. The van der Waals surface area contributed by atoms with Crippen molar-refractivity contribution >= 4 is 28.7 Å². The van der Waals surface area contributed by atoms with Crippen LogP contribution >= 0.6 is 0 Å². The van der Waals surface area contributed by atoms with Gasteiger partial charge in [0.2, 0.25) is 0 Å². The zero-order valence-electron chi connectivity index (χ0n) is 15.5. The average Bonchev–Trinajstić information content (AvgIpc) is 2.83. The lowest BCUT2D eigenvalue weighted by molar-refractivity contribution is 0.102. The molecule has 0 saturated carbocycles. The first-order chi connectivity index (χ1) is 12.4. The molecule has 5 N–H and O–H groups in total. The van der Waals surface area contributed by atoms with Crippen LogP contribution in [0.15, 0.2) is 36.4 Å². The quantitative estimate of drug-likeness (QED) is 0.738. The minimum atomic E-state index is -0.218. The van der Waals surface area contributed by atoms with Crippen molar-refractivity contribution in [2.45, 2.75) is 13.3 Å². The van der Waals surface area contributed by atoms with Crippen LogP contribution in [0.1, 0.15) is 22.3 Å². The summed E-state index contributed by atoms with van der Waals surface area (Å²) in [6, 6.07) is 11.2. The maximum Gasteiger partial charge on any atom is 0.257 e. The number of likely N-dealkylation sites (N-methyl/N-ethyl adjacent to an activating group) is 1. The first-order valence-electron chi connectivity index (χ1n) is 8.94. The summed E-state index contributed by atoms with van der Waals surface area (Å²) in [5.41, 5.74) is 16.2. The van der Waals surface area contributed by atoms with Crippen molar-refractivity contribution in [3.8, 4) is 0 Å². The zero-order valence-corrected chi connectivity index (χ0v) is 15.5. The number of nitrogens with one attached hydrogen (secondary N) is 1. The molecule has 3 rings (SSSR count). The predicted octanol–water partition coefficient (Wildman–Crippen LogP) is 2.55. The van der Waals surface area contributed by atoms with E-state index < -0.39 is 0 Å². The molecule has 138 valence electrons. The van der Waals surface area contributed by atoms with E-state index in [9.17, 15) is 4.79 Å². The Labute approximate surface area is 154 Å². The normalized spacial score (nSPS) is 15.5. The molecule has 0 unspecified atom stereocenters. The molecule has 0 radical (unpaired) electrons. The summed E-state index contributed by atoms with van der Waals surface area (Å²) in [6.07, 6.45) is 1.10. The lowest BCUT2D eigenvalue weighted by Crippen LogP contribution is -2.29. The zero-order chi connectivity index (χ0) is 18.7. The standard InChI is InChI=1S/C20H27N5O/c1-14-4-5-15(21)12-19(14)23-20(26)17-13-16(6-7-18(17)22)25-9-3-8-24(2)10-11-25/h4-7,12-13H,3,8-11,21-22H2,1-2H3,(H,23,26). The molecule has 0 atom stereocenters. The number of aryl methyl sites for hydroxylation is 1. The number of benzene rings is 2. The molecule has 2 aromatic rings. The average molecular weight is 353 g/mol. The van der Waals surface area contributed by atoms with Gasteiger partial charge in [0.1, 0.15) is 0 Å². The summed E-state index contributed by atoms with van der Waals surface area (Å²) in [6.45, 7) is 5.95. The van der Waals surface area contributed by atoms with Gasteiger partial charge in [-0.25, -0.2) is 0 Å². The Bertz CT molecular complexity index is 805. The molecular weight excluding hydrogens is 326 g/mol. The van der Waals surface area contributed by atoms with Gasteiger partial charge in [0.05, 0.1) is 5.56 Å². The highest BCUT2D eigenvalue weighted by atomic mass is 16.1. The topological polar surface area (TPSA) is 87.6 Å². The lowest BCUT2D eigenvalue weighted by atomic mass is 10.1. The molecule has 6 heteroatoms. The van der Waals surface area contributed by atoms with E-state index in [2.05, 4.69) is 22.2 Å². The highest BCUT2D eigenvalue weighted by molar-refractivity contribution is 6.08. The van der Waals surface area contributed by atoms with E-state index in [1.807, 2.05) is 37.3 Å². The van der Waals surface area contributed by atoms with Crippen molar-refractivity contribution in [1.82, 2.24) is 4.90 Å². The number of nitrogens with zero attached hydrogens (tertiary/aromatic N) is 2. The molecule has 6 nitrogen and oxygen atoms in total. The molecular formula is C20H27N5O. The molecule has 0 spiro atoms. The first kappa shape index (κ1) is 18.1. The second-order valence-corrected chi connectivity index (χ2v) is 6.94. The minimum Gasteiger partial charge on any atom is -0.399 e. The number of anilines is 4. The summed E-state index contributed by atoms with van der Waals surface area (Å²) in [5, 5.41) is 2.93. The molecule has 1 aliphatic heterocycles. The predicted molar refractivity (Wildman–Crippen MR) is 109 cm³/mol. The van der Waals surface area contributed by atoms with Crippen LogP contribution in [-0.4, -0.2) is 44.0 Å². The Morgan fingerprint density at radius 2 is 1.85 bits per heavy atom. The molecule has 1 aliphatic rings. The van der Waals surface area contributed by atoms with E-state index in [0.717, 1.165) is 43.9 Å². The number of hydrogen-bond donors (Lipinski definition) is 3. The van der Waals surface area contributed by atoms with Crippen LogP contribution in [0.5, 0.6) is 0 Å². The summed E-state index contributed by atoms with van der Waals surface area (Å²) in [5.74, 6) is -0.218. The van der Waals surface area contributed by atoms with E-state index in [4.69, 9.17) is 11.5 Å². The second kappa shape index (κ2) is 7.66. The second-order valence-electron chi connectivity index (χ2n) is 6.94. The molecule has 1 fully saturated rings. The van der Waals surface area contributed by atoms with Gasteiger partial charge in [-0.2, -0.15) is 0 Å². The molecule has 1 saturated heterocycles. The van der Waals surface area contributed by atoms with Crippen LogP contribution in [0.3, 0.4) is 0 Å². The molecule has 1 heterocycles. The fourth-order valence-corrected chi connectivity index (χ4v) is 3.21. The van der Waals surface area contributed by atoms with Crippen LogP contribution in [-0.2, 0) is 0 Å². The van der Waals surface area contributed by atoms with Crippen LogP contribution in [0.25, 0.3) is 0 Å². The van der Waals surface area contributed by atoms with E-state index >= 15 is 0 Å². The minimum absolute atomic E-state index is 0.218. The van der Waals surface area contributed by atoms with Gasteiger partial charge in [-0.15, -0.1) is 0 Å². The third kappa shape index (κ3) is 4.08. The number of rotatable bonds is 3. The van der Waals surface area contributed by atoms with E-state index in [1.54, 1.807) is 6.07 Å². The summed E-state index contributed by atoms with van der Waals surface area (Å²) in [7, 11) is 2.14.